The largest absolute Gasteiger partial charge is 0.512 e. The molecule has 0 amide bonds. The summed E-state index contributed by atoms with van der Waals surface area (Å²) >= 11 is 0. The molecule has 0 unspecified atom stereocenters. The second kappa shape index (κ2) is 6.31. The van der Waals surface area contributed by atoms with E-state index in [9.17, 15) is 4.79 Å². The summed E-state index contributed by atoms with van der Waals surface area (Å²) < 4.78 is 17.5. The smallest absolute Gasteiger partial charge is 0.407 e. The van der Waals surface area contributed by atoms with Crippen molar-refractivity contribution in [3.05, 3.63) is 0 Å². The number of rotatable bonds is 4. The Bertz CT molecular complexity index is 82.0. The zero-order valence-electron chi connectivity index (χ0n) is 5.96. The topological polar surface area (TPSA) is 54.0 Å². The highest BCUT2D eigenvalue weighted by Crippen LogP contribution is 1.84. The summed E-state index contributed by atoms with van der Waals surface area (Å²) in [6.45, 7) is -0.217. The van der Waals surface area contributed by atoms with Crippen LogP contribution in [0.2, 0.25) is 0 Å². The molecule has 0 fully saturated rings. The number of methoxy groups -OCH3 is 2. The van der Waals surface area contributed by atoms with E-state index in [0.29, 0.717) is 0 Å². The Labute approximate surface area is 58.8 Å². The van der Waals surface area contributed by atoms with E-state index in [1.807, 2.05) is 0 Å². The zero-order chi connectivity index (χ0) is 7.82. The van der Waals surface area contributed by atoms with Gasteiger partial charge in [-0.15, -0.1) is 0 Å². The van der Waals surface area contributed by atoms with Crippen molar-refractivity contribution in [2.75, 3.05) is 27.8 Å². The third kappa shape index (κ3) is 5.33. The third-order valence-electron chi connectivity index (χ3n) is 0.589. The number of hydrogen-bond acceptors (Lipinski definition) is 5. The minimum atomic E-state index is -0.802. The normalized spacial score (nSPS) is 9.00. The molecule has 60 valence electrons. The van der Waals surface area contributed by atoms with Gasteiger partial charge in [-0.05, 0) is 0 Å². The van der Waals surface area contributed by atoms with Crippen molar-refractivity contribution in [1.82, 2.24) is 0 Å². The van der Waals surface area contributed by atoms with Crippen LogP contribution in [0.5, 0.6) is 0 Å². The van der Waals surface area contributed by atoms with Crippen LogP contribution in [0, 0.1) is 0 Å². The maximum atomic E-state index is 10.4. The molecular formula is C5H10O5. The summed E-state index contributed by atoms with van der Waals surface area (Å²) in [5, 5.41) is 0. The van der Waals surface area contributed by atoms with Crippen LogP contribution in [0.4, 0.5) is 4.79 Å². The summed E-state index contributed by atoms with van der Waals surface area (Å²) in [7, 11) is 2.81. The molecule has 10 heavy (non-hydrogen) atoms. The number of carbonyl (C=O) groups excluding carboxylic acids is 1. The summed E-state index contributed by atoms with van der Waals surface area (Å²) in [6.07, 6.45) is -0.802. The lowest BCUT2D eigenvalue weighted by Gasteiger charge is -2.02. The summed E-state index contributed by atoms with van der Waals surface area (Å²) in [6, 6.07) is 0. The van der Waals surface area contributed by atoms with Crippen LogP contribution in [0.25, 0.3) is 0 Å². The maximum Gasteiger partial charge on any atom is 0.512 e. The summed E-state index contributed by atoms with van der Waals surface area (Å²) in [5.74, 6) is 0. The van der Waals surface area contributed by atoms with Crippen molar-refractivity contribution in [2.24, 2.45) is 0 Å². The van der Waals surface area contributed by atoms with Crippen molar-refractivity contribution in [2.45, 2.75) is 0 Å². The van der Waals surface area contributed by atoms with Gasteiger partial charge in [0.2, 0.25) is 0 Å². The van der Waals surface area contributed by atoms with E-state index in [-0.39, 0.29) is 13.6 Å². The minimum absolute atomic E-state index is 0.109. The summed E-state index contributed by atoms with van der Waals surface area (Å²) in [4.78, 5) is 10.4. The Morgan fingerprint density at radius 3 is 1.80 bits per heavy atom. The van der Waals surface area contributed by atoms with Crippen LogP contribution in [-0.4, -0.2) is 34.0 Å². The van der Waals surface area contributed by atoms with Crippen LogP contribution in [0.1, 0.15) is 0 Å². The molecule has 0 aromatic heterocycles. The lowest BCUT2D eigenvalue weighted by Crippen LogP contribution is -2.10. The maximum absolute atomic E-state index is 10.4. The molecule has 0 atom stereocenters. The number of hydrogen-bond donors (Lipinski definition) is 0. The molecule has 5 heteroatoms. The zero-order valence-corrected chi connectivity index (χ0v) is 5.96. The first-order chi connectivity index (χ1) is 4.81. The van der Waals surface area contributed by atoms with E-state index >= 15 is 0 Å². The quantitative estimate of drug-likeness (QED) is 0.427. The van der Waals surface area contributed by atoms with Gasteiger partial charge in [0.15, 0.2) is 13.6 Å². The van der Waals surface area contributed by atoms with Gasteiger partial charge in [0, 0.05) is 14.2 Å². The predicted molar refractivity (Wildman–Crippen MR) is 31.3 cm³/mol. The average molecular weight is 150 g/mol. The lowest BCUT2D eigenvalue weighted by molar-refractivity contribution is -0.0615. The Balaban J connectivity index is 3.09. The molecule has 0 saturated carbocycles. The van der Waals surface area contributed by atoms with E-state index in [4.69, 9.17) is 0 Å². The van der Waals surface area contributed by atoms with Gasteiger partial charge in [-0.25, -0.2) is 4.79 Å². The fourth-order valence-corrected chi connectivity index (χ4v) is 0.256. The molecule has 0 N–H and O–H groups in total. The molecule has 0 bridgehead atoms. The SMILES string of the molecule is COCOC(=O)OCOC. The molecule has 0 radical (unpaired) electrons. The molecule has 0 aromatic carbocycles. The van der Waals surface area contributed by atoms with Gasteiger partial charge in [-0.1, -0.05) is 0 Å². The first kappa shape index (κ1) is 9.19. The molecule has 0 aliphatic carbocycles. The number of ether oxygens (including phenoxy) is 4. The highest BCUT2D eigenvalue weighted by molar-refractivity contribution is 5.59. The van der Waals surface area contributed by atoms with E-state index < -0.39 is 6.16 Å². The number of carbonyl (C=O) groups is 1. The molecule has 0 heterocycles. The molecule has 0 saturated heterocycles. The van der Waals surface area contributed by atoms with Gasteiger partial charge in [0.05, 0.1) is 0 Å². The fraction of sp³-hybridized carbons (Fsp3) is 0.800. The van der Waals surface area contributed by atoms with Gasteiger partial charge >= 0.3 is 6.16 Å². The molecule has 5 nitrogen and oxygen atoms in total. The highest BCUT2D eigenvalue weighted by Gasteiger charge is 2.00. The van der Waals surface area contributed by atoms with Crippen LogP contribution >= 0.6 is 0 Å². The van der Waals surface area contributed by atoms with Crippen molar-refractivity contribution in [3.8, 4) is 0 Å². The van der Waals surface area contributed by atoms with Crippen LogP contribution in [-0.2, 0) is 18.9 Å². The van der Waals surface area contributed by atoms with Crippen molar-refractivity contribution >= 4 is 6.16 Å². The Morgan fingerprint density at radius 1 is 1.10 bits per heavy atom. The standard InChI is InChI=1S/C5H10O5/c1-7-3-9-5(6)10-4-8-2/h3-4H2,1-2H3. The molecule has 0 rings (SSSR count). The van der Waals surface area contributed by atoms with Crippen LogP contribution < -0.4 is 0 Å². The first-order valence-corrected chi connectivity index (χ1v) is 2.58. The van der Waals surface area contributed by atoms with Gasteiger partial charge in [0.1, 0.15) is 0 Å². The molecule has 0 aliphatic heterocycles. The second-order valence-electron chi connectivity index (χ2n) is 1.35. The van der Waals surface area contributed by atoms with E-state index in [1.54, 1.807) is 0 Å². The van der Waals surface area contributed by atoms with Crippen molar-refractivity contribution in [3.63, 3.8) is 0 Å². The van der Waals surface area contributed by atoms with Gasteiger partial charge < -0.3 is 18.9 Å². The molecule has 0 aliphatic rings. The third-order valence-corrected chi connectivity index (χ3v) is 0.589. The molecule has 0 aromatic rings. The second-order valence-corrected chi connectivity index (χ2v) is 1.35. The fourth-order valence-electron chi connectivity index (χ4n) is 0.256. The molecule has 0 spiro atoms. The van der Waals surface area contributed by atoms with Crippen molar-refractivity contribution < 1.29 is 23.7 Å². The van der Waals surface area contributed by atoms with Gasteiger partial charge in [-0.3, -0.25) is 0 Å². The highest BCUT2D eigenvalue weighted by atomic mass is 16.8. The van der Waals surface area contributed by atoms with E-state index in [0.717, 1.165) is 0 Å². The Kier molecular flexibility index (Phi) is 5.80. The van der Waals surface area contributed by atoms with Crippen LogP contribution in [0.15, 0.2) is 0 Å². The lowest BCUT2D eigenvalue weighted by atomic mass is 11.2. The van der Waals surface area contributed by atoms with E-state index in [2.05, 4.69) is 18.9 Å². The van der Waals surface area contributed by atoms with Gasteiger partial charge in [0.25, 0.3) is 0 Å². The van der Waals surface area contributed by atoms with Gasteiger partial charge in [-0.2, -0.15) is 0 Å². The minimum Gasteiger partial charge on any atom is -0.407 e. The Hall–Kier alpha value is -0.810. The van der Waals surface area contributed by atoms with E-state index in [1.165, 1.54) is 14.2 Å². The van der Waals surface area contributed by atoms with Crippen LogP contribution in [0.3, 0.4) is 0 Å². The molecular weight excluding hydrogens is 140 g/mol. The van der Waals surface area contributed by atoms with Crippen molar-refractivity contribution in [1.29, 1.82) is 0 Å². The first-order valence-electron chi connectivity index (χ1n) is 2.58. The Morgan fingerprint density at radius 2 is 1.50 bits per heavy atom. The monoisotopic (exact) mass is 150 g/mol. The predicted octanol–water partition coefficient (Wildman–Crippen LogP) is 0.347. The average Bonchev–Trinajstić information content (AvgIpc) is 1.97. The summed E-state index contributed by atoms with van der Waals surface area (Å²) in [5.41, 5.74) is 0.